The van der Waals surface area contributed by atoms with Crippen LogP contribution in [0.15, 0.2) is 0 Å². The van der Waals surface area contributed by atoms with Gasteiger partial charge in [-0.25, -0.2) is 6.57 Å². The van der Waals surface area contributed by atoms with Crippen molar-refractivity contribution >= 4 is 0 Å². The molecule has 0 atom stereocenters. The molecule has 0 aliphatic heterocycles. The van der Waals surface area contributed by atoms with Gasteiger partial charge in [0.15, 0.2) is 0 Å². The van der Waals surface area contributed by atoms with E-state index in [1.165, 1.54) is 12.8 Å². The Kier molecular flexibility index (Phi) is 0.815. The quantitative estimate of drug-likeness (QED) is 0.437. The second-order valence-electron chi connectivity index (χ2n) is 2.63. The van der Waals surface area contributed by atoms with Gasteiger partial charge in [0.2, 0.25) is 6.54 Å². The molecule has 1 rings (SSSR count). The summed E-state index contributed by atoms with van der Waals surface area (Å²) in [6, 6.07) is 0. The Morgan fingerprint density at radius 3 is 2.43 bits per heavy atom. The Morgan fingerprint density at radius 1 is 1.71 bits per heavy atom. The Balaban J connectivity index is 2.30. The van der Waals surface area contributed by atoms with Gasteiger partial charge in [-0.15, -0.1) is 0 Å². The fourth-order valence-electron chi connectivity index (χ4n) is 0.562. The molecule has 1 aliphatic carbocycles. The standard InChI is InChI=1S/C6H9N/c1-6(3-4-6)5-7-2/h3-5H2,1H3. The Hall–Kier alpha value is -0.510. The summed E-state index contributed by atoms with van der Waals surface area (Å²) in [4.78, 5) is 3.32. The monoisotopic (exact) mass is 95.1 g/mol. The van der Waals surface area contributed by atoms with Gasteiger partial charge in [0.1, 0.15) is 0 Å². The summed E-state index contributed by atoms with van der Waals surface area (Å²) in [7, 11) is 0. The lowest BCUT2D eigenvalue weighted by Crippen LogP contribution is -1.93. The summed E-state index contributed by atoms with van der Waals surface area (Å²) in [5.41, 5.74) is 0.446. The highest BCUT2D eigenvalue weighted by Crippen LogP contribution is 2.44. The summed E-state index contributed by atoms with van der Waals surface area (Å²) in [6.45, 7) is 9.44. The van der Waals surface area contributed by atoms with Crippen LogP contribution in [-0.4, -0.2) is 6.54 Å². The largest absolute Gasteiger partial charge is 0.316 e. The lowest BCUT2D eigenvalue weighted by Gasteiger charge is -1.91. The van der Waals surface area contributed by atoms with Crippen molar-refractivity contribution in [3.63, 3.8) is 0 Å². The zero-order valence-electron chi connectivity index (χ0n) is 4.57. The molecule has 0 bridgehead atoms. The summed E-state index contributed by atoms with van der Waals surface area (Å²) >= 11 is 0. The summed E-state index contributed by atoms with van der Waals surface area (Å²) in [6.07, 6.45) is 2.55. The number of nitrogens with zero attached hydrogens (tertiary/aromatic N) is 1. The smallest absolute Gasteiger partial charge is 0.219 e. The van der Waals surface area contributed by atoms with Gasteiger partial charge in [0.05, 0.1) is 0 Å². The number of hydrogen-bond donors (Lipinski definition) is 0. The van der Waals surface area contributed by atoms with Gasteiger partial charge < -0.3 is 4.85 Å². The summed E-state index contributed by atoms with van der Waals surface area (Å²) in [5, 5.41) is 0. The topological polar surface area (TPSA) is 4.36 Å². The summed E-state index contributed by atoms with van der Waals surface area (Å²) in [5.74, 6) is 0. The fraction of sp³-hybridized carbons (Fsp3) is 0.833. The highest BCUT2D eigenvalue weighted by Gasteiger charge is 2.40. The van der Waals surface area contributed by atoms with Crippen LogP contribution in [0.2, 0.25) is 0 Å². The minimum absolute atomic E-state index is 0.446. The maximum Gasteiger partial charge on any atom is 0.219 e. The van der Waals surface area contributed by atoms with Gasteiger partial charge in [-0.2, -0.15) is 0 Å². The zero-order chi connectivity index (χ0) is 5.33. The van der Waals surface area contributed by atoms with E-state index in [0.717, 1.165) is 6.54 Å². The highest BCUT2D eigenvalue weighted by atomic mass is 14.7. The molecule has 0 N–H and O–H groups in total. The predicted octanol–water partition coefficient (Wildman–Crippen LogP) is 1.71. The molecular weight excluding hydrogens is 86.1 g/mol. The normalized spacial score (nSPS) is 23.4. The Labute approximate surface area is 44.2 Å². The van der Waals surface area contributed by atoms with E-state index in [1.54, 1.807) is 0 Å². The molecule has 1 aliphatic rings. The van der Waals surface area contributed by atoms with Gasteiger partial charge in [-0.05, 0) is 12.8 Å². The van der Waals surface area contributed by atoms with Gasteiger partial charge in [0.25, 0.3) is 0 Å². The molecule has 0 spiro atoms. The number of rotatable bonds is 1. The molecule has 0 aromatic rings. The molecule has 0 heterocycles. The average molecular weight is 95.1 g/mol. The first kappa shape index (κ1) is 4.64. The van der Waals surface area contributed by atoms with E-state index in [4.69, 9.17) is 6.57 Å². The minimum atomic E-state index is 0.446. The molecule has 1 heteroatoms. The molecule has 0 unspecified atom stereocenters. The van der Waals surface area contributed by atoms with Gasteiger partial charge in [-0.1, -0.05) is 6.92 Å². The van der Waals surface area contributed by atoms with E-state index in [0.29, 0.717) is 5.41 Å². The van der Waals surface area contributed by atoms with Crippen LogP contribution < -0.4 is 0 Å². The highest BCUT2D eigenvalue weighted by molar-refractivity contribution is 4.93. The SMILES string of the molecule is [C-]#[N+]CC1(C)CC1. The number of hydrogen-bond acceptors (Lipinski definition) is 0. The third-order valence-electron chi connectivity index (χ3n) is 1.56. The second-order valence-corrected chi connectivity index (χ2v) is 2.63. The van der Waals surface area contributed by atoms with E-state index in [1.807, 2.05) is 0 Å². The molecule has 1 nitrogen and oxygen atoms in total. The molecule has 0 aromatic carbocycles. The first-order chi connectivity index (χ1) is 3.27. The molecule has 0 amide bonds. The second kappa shape index (κ2) is 1.23. The lowest BCUT2D eigenvalue weighted by molar-refractivity contribution is 0.630. The molecular formula is C6H9N. The predicted molar refractivity (Wildman–Crippen MR) is 28.8 cm³/mol. The van der Waals surface area contributed by atoms with Crippen LogP contribution in [0.25, 0.3) is 4.85 Å². The maximum absolute atomic E-state index is 6.52. The van der Waals surface area contributed by atoms with Gasteiger partial charge in [-0.3, -0.25) is 0 Å². The molecule has 0 aromatic heterocycles. The first-order valence-electron chi connectivity index (χ1n) is 2.60. The third kappa shape index (κ3) is 0.928. The third-order valence-corrected chi connectivity index (χ3v) is 1.56. The lowest BCUT2D eigenvalue weighted by atomic mass is 10.1. The van der Waals surface area contributed by atoms with E-state index in [2.05, 4.69) is 11.8 Å². The van der Waals surface area contributed by atoms with Crippen LogP contribution in [0.1, 0.15) is 19.8 Å². The van der Waals surface area contributed by atoms with Crippen molar-refractivity contribution in [2.75, 3.05) is 6.54 Å². The van der Waals surface area contributed by atoms with Crippen molar-refractivity contribution < 1.29 is 0 Å². The maximum atomic E-state index is 6.52. The molecule has 1 saturated carbocycles. The van der Waals surface area contributed by atoms with Crippen LogP contribution in [0.5, 0.6) is 0 Å². The first-order valence-corrected chi connectivity index (χ1v) is 2.60. The van der Waals surface area contributed by atoms with E-state index in [9.17, 15) is 0 Å². The Bertz CT molecular complexity index is 106. The molecule has 1 fully saturated rings. The van der Waals surface area contributed by atoms with Crippen molar-refractivity contribution in [1.82, 2.24) is 0 Å². The van der Waals surface area contributed by atoms with Crippen LogP contribution in [0.4, 0.5) is 0 Å². The Morgan fingerprint density at radius 2 is 2.29 bits per heavy atom. The molecule has 38 valence electrons. The minimum Gasteiger partial charge on any atom is -0.316 e. The average Bonchev–Trinajstić information content (AvgIpc) is 2.22. The van der Waals surface area contributed by atoms with Crippen LogP contribution in [0, 0.1) is 12.0 Å². The summed E-state index contributed by atoms with van der Waals surface area (Å²) < 4.78 is 0. The van der Waals surface area contributed by atoms with Crippen molar-refractivity contribution in [2.45, 2.75) is 19.8 Å². The molecule has 0 radical (unpaired) electrons. The van der Waals surface area contributed by atoms with Crippen molar-refractivity contribution in [2.24, 2.45) is 5.41 Å². The van der Waals surface area contributed by atoms with Gasteiger partial charge >= 0.3 is 0 Å². The van der Waals surface area contributed by atoms with Crippen LogP contribution in [0.3, 0.4) is 0 Å². The van der Waals surface area contributed by atoms with Gasteiger partial charge in [0, 0.05) is 5.41 Å². The van der Waals surface area contributed by atoms with Crippen molar-refractivity contribution in [1.29, 1.82) is 0 Å². The zero-order valence-corrected chi connectivity index (χ0v) is 4.57. The molecule has 7 heavy (non-hydrogen) atoms. The van der Waals surface area contributed by atoms with Crippen molar-refractivity contribution in [3.8, 4) is 0 Å². The van der Waals surface area contributed by atoms with E-state index < -0.39 is 0 Å². The van der Waals surface area contributed by atoms with Crippen molar-refractivity contribution in [3.05, 3.63) is 11.4 Å². The van der Waals surface area contributed by atoms with E-state index >= 15 is 0 Å². The van der Waals surface area contributed by atoms with Crippen LogP contribution >= 0.6 is 0 Å². The molecule has 0 saturated heterocycles. The fourth-order valence-corrected chi connectivity index (χ4v) is 0.562. The van der Waals surface area contributed by atoms with E-state index in [-0.39, 0.29) is 0 Å². The van der Waals surface area contributed by atoms with Crippen LogP contribution in [-0.2, 0) is 0 Å².